The summed E-state index contributed by atoms with van der Waals surface area (Å²) >= 11 is 0. The molecule has 2 nitrogen and oxygen atoms in total. The Morgan fingerprint density at radius 1 is 1.29 bits per heavy atom. The van der Waals surface area contributed by atoms with Crippen molar-refractivity contribution in [3.63, 3.8) is 0 Å². The van der Waals surface area contributed by atoms with Gasteiger partial charge in [-0.15, -0.1) is 0 Å². The Morgan fingerprint density at radius 3 is 2.50 bits per heavy atom. The van der Waals surface area contributed by atoms with Crippen molar-refractivity contribution in [1.82, 2.24) is 4.90 Å². The first-order valence-electron chi connectivity index (χ1n) is 6.14. The average molecular weight is 197 g/mol. The molecule has 0 spiro atoms. The molecule has 1 heterocycles. The van der Waals surface area contributed by atoms with E-state index < -0.39 is 0 Å². The molecule has 1 saturated heterocycles. The topological polar surface area (TPSA) is 23.5 Å². The lowest BCUT2D eigenvalue weighted by atomic mass is 9.71. The summed E-state index contributed by atoms with van der Waals surface area (Å²) in [4.78, 5) is 2.51. The van der Waals surface area contributed by atoms with Crippen LogP contribution in [0.1, 0.15) is 38.5 Å². The standard InChI is InChI=1S/C12H23NO/c1-13-8-3-6-12(13)11(7-9-14)10-4-2-5-10/h10-12,14H,2-9H2,1H3. The molecule has 2 rings (SSSR count). The summed E-state index contributed by atoms with van der Waals surface area (Å²) in [6.07, 6.45) is 7.99. The van der Waals surface area contributed by atoms with E-state index in [1.165, 1.54) is 38.6 Å². The van der Waals surface area contributed by atoms with Crippen LogP contribution in [0.25, 0.3) is 0 Å². The van der Waals surface area contributed by atoms with Gasteiger partial charge in [0.25, 0.3) is 0 Å². The minimum absolute atomic E-state index is 0.380. The first kappa shape index (κ1) is 10.4. The molecule has 2 heteroatoms. The minimum Gasteiger partial charge on any atom is -0.396 e. The lowest BCUT2D eigenvalue weighted by Crippen LogP contribution is -2.39. The van der Waals surface area contributed by atoms with Crippen LogP contribution >= 0.6 is 0 Å². The fraction of sp³-hybridized carbons (Fsp3) is 1.00. The molecule has 1 N–H and O–H groups in total. The fourth-order valence-corrected chi connectivity index (χ4v) is 3.24. The number of aliphatic hydroxyl groups excluding tert-OH is 1. The van der Waals surface area contributed by atoms with Crippen molar-refractivity contribution in [2.75, 3.05) is 20.2 Å². The van der Waals surface area contributed by atoms with E-state index in [1.807, 2.05) is 0 Å². The van der Waals surface area contributed by atoms with Crippen molar-refractivity contribution < 1.29 is 5.11 Å². The SMILES string of the molecule is CN1CCCC1C(CCO)C1CCC1. The van der Waals surface area contributed by atoms with E-state index in [0.717, 1.165) is 24.3 Å². The smallest absolute Gasteiger partial charge is 0.0434 e. The van der Waals surface area contributed by atoms with Crippen molar-refractivity contribution in [3.8, 4) is 0 Å². The van der Waals surface area contributed by atoms with Crippen LogP contribution in [0.2, 0.25) is 0 Å². The highest BCUT2D eigenvalue weighted by atomic mass is 16.3. The zero-order valence-electron chi connectivity index (χ0n) is 9.28. The van der Waals surface area contributed by atoms with Crippen LogP contribution in [-0.4, -0.2) is 36.2 Å². The second-order valence-corrected chi connectivity index (χ2v) is 5.06. The molecule has 14 heavy (non-hydrogen) atoms. The van der Waals surface area contributed by atoms with Gasteiger partial charge in [0.05, 0.1) is 0 Å². The Labute approximate surface area is 87.3 Å². The van der Waals surface area contributed by atoms with Gasteiger partial charge in [0.15, 0.2) is 0 Å². The summed E-state index contributed by atoms with van der Waals surface area (Å²) in [7, 11) is 2.25. The highest BCUT2D eigenvalue weighted by Crippen LogP contribution is 2.40. The predicted octanol–water partition coefficient (Wildman–Crippen LogP) is 1.88. The molecule has 1 saturated carbocycles. The highest BCUT2D eigenvalue weighted by Gasteiger charge is 2.36. The maximum atomic E-state index is 9.13. The van der Waals surface area contributed by atoms with Gasteiger partial charge in [-0.1, -0.05) is 19.3 Å². The summed E-state index contributed by atoms with van der Waals surface area (Å²) in [5.74, 6) is 1.70. The summed E-state index contributed by atoms with van der Waals surface area (Å²) in [6.45, 7) is 1.64. The van der Waals surface area contributed by atoms with E-state index in [4.69, 9.17) is 5.11 Å². The quantitative estimate of drug-likeness (QED) is 0.744. The Hall–Kier alpha value is -0.0800. The molecule has 2 fully saturated rings. The monoisotopic (exact) mass is 197 g/mol. The number of hydrogen-bond acceptors (Lipinski definition) is 2. The van der Waals surface area contributed by atoms with Gasteiger partial charge in [-0.2, -0.15) is 0 Å². The van der Waals surface area contributed by atoms with Gasteiger partial charge in [0.2, 0.25) is 0 Å². The molecule has 0 aromatic rings. The molecule has 2 atom stereocenters. The zero-order chi connectivity index (χ0) is 9.97. The first-order valence-corrected chi connectivity index (χ1v) is 6.14. The van der Waals surface area contributed by atoms with Gasteiger partial charge in [-0.05, 0) is 44.7 Å². The summed E-state index contributed by atoms with van der Waals surface area (Å²) in [6, 6.07) is 0.771. The summed E-state index contributed by atoms with van der Waals surface area (Å²) in [5.41, 5.74) is 0. The molecular weight excluding hydrogens is 174 g/mol. The van der Waals surface area contributed by atoms with Crippen molar-refractivity contribution in [1.29, 1.82) is 0 Å². The maximum absolute atomic E-state index is 9.13. The molecule has 1 aliphatic heterocycles. The number of likely N-dealkylation sites (tertiary alicyclic amines) is 1. The molecule has 2 unspecified atom stereocenters. The number of aliphatic hydroxyl groups is 1. The molecule has 1 aliphatic carbocycles. The van der Waals surface area contributed by atoms with Crippen LogP contribution in [0.5, 0.6) is 0 Å². The highest BCUT2D eigenvalue weighted by molar-refractivity contribution is 4.89. The van der Waals surface area contributed by atoms with E-state index in [-0.39, 0.29) is 0 Å². The van der Waals surface area contributed by atoms with Gasteiger partial charge in [-0.25, -0.2) is 0 Å². The molecular formula is C12H23NO. The van der Waals surface area contributed by atoms with Crippen molar-refractivity contribution in [2.45, 2.75) is 44.6 Å². The normalized spacial score (nSPS) is 31.7. The van der Waals surface area contributed by atoms with Gasteiger partial charge < -0.3 is 10.0 Å². The van der Waals surface area contributed by atoms with Crippen LogP contribution < -0.4 is 0 Å². The molecule has 2 aliphatic rings. The van der Waals surface area contributed by atoms with Crippen LogP contribution in [0, 0.1) is 11.8 Å². The molecule has 0 aromatic carbocycles. The van der Waals surface area contributed by atoms with Gasteiger partial charge in [-0.3, -0.25) is 0 Å². The molecule has 0 amide bonds. The second-order valence-electron chi connectivity index (χ2n) is 5.06. The predicted molar refractivity (Wildman–Crippen MR) is 58.2 cm³/mol. The maximum Gasteiger partial charge on any atom is 0.0434 e. The summed E-state index contributed by atoms with van der Waals surface area (Å²) < 4.78 is 0. The van der Waals surface area contributed by atoms with E-state index >= 15 is 0 Å². The first-order chi connectivity index (χ1) is 6.83. The molecule has 82 valence electrons. The Bertz CT molecular complexity index is 179. The van der Waals surface area contributed by atoms with Gasteiger partial charge in [0.1, 0.15) is 0 Å². The lowest BCUT2D eigenvalue weighted by molar-refractivity contribution is 0.0897. The van der Waals surface area contributed by atoms with E-state index in [1.54, 1.807) is 0 Å². The molecule has 0 radical (unpaired) electrons. The lowest BCUT2D eigenvalue weighted by Gasteiger charge is -2.39. The Kier molecular flexibility index (Phi) is 3.45. The van der Waals surface area contributed by atoms with Crippen LogP contribution in [-0.2, 0) is 0 Å². The average Bonchev–Trinajstić information content (AvgIpc) is 2.47. The van der Waals surface area contributed by atoms with Crippen LogP contribution in [0.15, 0.2) is 0 Å². The number of hydrogen-bond donors (Lipinski definition) is 1. The third-order valence-corrected chi connectivity index (χ3v) is 4.29. The van der Waals surface area contributed by atoms with E-state index in [0.29, 0.717) is 6.61 Å². The van der Waals surface area contributed by atoms with E-state index in [9.17, 15) is 0 Å². The fourth-order valence-electron chi connectivity index (χ4n) is 3.24. The van der Waals surface area contributed by atoms with Crippen LogP contribution in [0.4, 0.5) is 0 Å². The second kappa shape index (κ2) is 4.63. The Balaban J connectivity index is 1.93. The Morgan fingerprint density at radius 2 is 2.07 bits per heavy atom. The van der Waals surface area contributed by atoms with Crippen molar-refractivity contribution in [3.05, 3.63) is 0 Å². The third-order valence-electron chi connectivity index (χ3n) is 4.29. The third kappa shape index (κ3) is 1.96. The molecule has 0 aromatic heterocycles. The number of rotatable bonds is 4. The number of nitrogens with zero attached hydrogens (tertiary/aromatic N) is 1. The van der Waals surface area contributed by atoms with Gasteiger partial charge in [0, 0.05) is 12.6 Å². The van der Waals surface area contributed by atoms with Crippen LogP contribution in [0.3, 0.4) is 0 Å². The van der Waals surface area contributed by atoms with Gasteiger partial charge >= 0.3 is 0 Å². The van der Waals surface area contributed by atoms with E-state index in [2.05, 4.69) is 11.9 Å². The summed E-state index contributed by atoms with van der Waals surface area (Å²) in [5, 5.41) is 9.13. The zero-order valence-corrected chi connectivity index (χ0v) is 9.28. The van der Waals surface area contributed by atoms with Crippen molar-refractivity contribution in [2.24, 2.45) is 11.8 Å². The largest absolute Gasteiger partial charge is 0.396 e. The molecule has 0 bridgehead atoms. The van der Waals surface area contributed by atoms with Crippen molar-refractivity contribution >= 4 is 0 Å². The minimum atomic E-state index is 0.380.